The number of fused-ring (bicyclic) bond motifs is 1. The Morgan fingerprint density at radius 2 is 2.35 bits per heavy atom. The molecule has 17 heavy (non-hydrogen) atoms. The Kier molecular flexibility index (Phi) is 3.64. The zero-order chi connectivity index (χ0) is 12.3. The fourth-order valence-electron chi connectivity index (χ4n) is 1.97. The lowest BCUT2D eigenvalue weighted by Gasteiger charge is -2.14. The predicted octanol–water partition coefficient (Wildman–Crippen LogP) is 1.35. The Balaban J connectivity index is 1.98. The molecule has 1 aromatic carbocycles. The number of rotatable bonds is 4. The number of anilines is 1. The van der Waals surface area contributed by atoms with E-state index in [1.165, 1.54) is 0 Å². The summed E-state index contributed by atoms with van der Waals surface area (Å²) in [6.45, 7) is 3.15. The van der Waals surface area contributed by atoms with Crippen molar-refractivity contribution in [3.63, 3.8) is 0 Å². The van der Waals surface area contributed by atoms with Crippen LogP contribution in [0.2, 0.25) is 0 Å². The fourth-order valence-corrected chi connectivity index (χ4v) is 1.97. The van der Waals surface area contributed by atoms with Crippen molar-refractivity contribution in [1.82, 2.24) is 5.32 Å². The zero-order valence-corrected chi connectivity index (χ0v) is 10.2. The summed E-state index contributed by atoms with van der Waals surface area (Å²) in [6.07, 6.45) is 0.0450. The van der Waals surface area contributed by atoms with Crippen LogP contribution in [0.3, 0.4) is 0 Å². The van der Waals surface area contributed by atoms with Gasteiger partial charge in [-0.25, -0.2) is 0 Å². The number of para-hydroxylation sites is 1. The van der Waals surface area contributed by atoms with E-state index in [2.05, 4.69) is 10.6 Å². The third-order valence-electron chi connectivity index (χ3n) is 3.12. The molecular weight excluding hydrogens is 216 g/mol. The van der Waals surface area contributed by atoms with Crippen molar-refractivity contribution in [2.45, 2.75) is 18.9 Å². The molecule has 2 atom stereocenters. The van der Waals surface area contributed by atoms with Crippen LogP contribution in [0.4, 0.5) is 5.69 Å². The molecule has 2 unspecified atom stereocenters. The van der Waals surface area contributed by atoms with Crippen LogP contribution < -0.4 is 10.6 Å². The molecule has 1 aliphatic heterocycles. The molecule has 4 heteroatoms. The molecule has 0 spiro atoms. The number of hydrogen-bond donors (Lipinski definition) is 2. The molecule has 0 aromatic heterocycles. The van der Waals surface area contributed by atoms with Crippen molar-refractivity contribution in [3.8, 4) is 0 Å². The van der Waals surface area contributed by atoms with Gasteiger partial charge in [-0.15, -0.1) is 0 Å². The maximum Gasteiger partial charge on any atom is 0.229 e. The van der Waals surface area contributed by atoms with Crippen molar-refractivity contribution < 1.29 is 9.53 Å². The molecule has 0 fully saturated rings. The summed E-state index contributed by atoms with van der Waals surface area (Å²) in [6, 6.07) is 7.93. The molecule has 0 bridgehead atoms. The number of carbonyl (C=O) groups is 1. The van der Waals surface area contributed by atoms with Gasteiger partial charge >= 0.3 is 0 Å². The summed E-state index contributed by atoms with van der Waals surface area (Å²) in [4.78, 5) is 12.0. The molecule has 1 amide bonds. The smallest absolute Gasteiger partial charge is 0.229 e. The van der Waals surface area contributed by atoms with Gasteiger partial charge in [-0.1, -0.05) is 18.2 Å². The second-order valence-corrected chi connectivity index (χ2v) is 4.31. The van der Waals surface area contributed by atoms with Gasteiger partial charge in [-0.05, 0) is 18.6 Å². The minimum atomic E-state index is -0.0877. The van der Waals surface area contributed by atoms with Crippen molar-refractivity contribution in [2.75, 3.05) is 25.5 Å². The molecule has 2 rings (SSSR count). The molecule has 92 valence electrons. The van der Waals surface area contributed by atoms with E-state index in [9.17, 15) is 4.79 Å². The summed E-state index contributed by atoms with van der Waals surface area (Å²) in [5, 5.41) is 6.15. The molecule has 0 aliphatic carbocycles. The fraction of sp³-hybridized carbons (Fsp3) is 0.462. The van der Waals surface area contributed by atoms with Crippen LogP contribution in [-0.4, -0.2) is 32.2 Å². The van der Waals surface area contributed by atoms with Gasteiger partial charge in [0, 0.05) is 25.9 Å². The second kappa shape index (κ2) is 5.19. The first-order valence-electron chi connectivity index (χ1n) is 5.85. The zero-order valence-electron chi connectivity index (χ0n) is 10.2. The number of methoxy groups -OCH3 is 1. The van der Waals surface area contributed by atoms with Gasteiger partial charge in [0.25, 0.3) is 0 Å². The van der Waals surface area contributed by atoms with Crippen LogP contribution in [0.1, 0.15) is 18.4 Å². The van der Waals surface area contributed by atoms with Crippen LogP contribution in [0.25, 0.3) is 0 Å². The first-order valence-corrected chi connectivity index (χ1v) is 5.85. The van der Waals surface area contributed by atoms with Crippen LogP contribution in [0.5, 0.6) is 0 Å². The van der Waals surface area contributed by atoms with Crippen LogP contribution in [0.15, 0.2) is 24.3 Å². The highest BCUT2D eigenvalue weighted by Gasteiger charge is 2.27. The average molecular weight is 234 g/mol. The largest absolute Gasteiger partial charge is 0.384 e. The first kappa shape index (κ1) is 11.9. The Bertz CT molecular complexity index is 406. The second-order valence-electron chi connectivity index (χ2n) is 4.31. The van der Waals surface area contributed by atoms with Crippen molar-refractivity contribution in [1.29, 1.82) is 0 Å². The van der Waals surface area contributed by atoms with E-state index in [4.69, 9.17) is 4.74 Å². The lowest BCUT2D eigenvalue weighted by atomic mass is 10.0. The number of carbonyl (C=O) groups excluding carboxylic acids is 1. The molecule has 0 saturated carbocycles. The number of benzene rings is 1. The first-order chi connectivity index (χ1) is 8.22. The van der Waals surface area contributed by atoms with Crippen molar-refractivity contribution in [3.05, 3.63) is 29.8 Å². The maximum atomic E-state index is 12.0. The van der Waals surface area contributed by atoms with E-state index in [1.54, 1.807) is 7.11 Å². The Morgan fingerprint density at radius 1 is 1.59 bits per heavy atom. The third kappa shape index (κ3) is 2.58. The van der Waals surface area contributed by atoms with Crippen LogP contribution in [0, 0.1) is 0 Å². The van der Waals surface area contributed by atoms with E-state index in [1.807, 2.05) is 31.2 Å². The number of hydrogen-bond acceptors (Lipinski definition) is 3. The SMILES string of the molecule is COC(C)CNC(=O)C1CNc2ccccc21. The molecule has 2 N–H and O–H groups in total. The number of ether oxygens (including phenoxy) is 1. The Labute approximate surface area is 101 Å². The van der Waals surface area contributed by atoms with E-state index in [0.29, 0.717) is 13.1 Å². The summed E-state index contributed by atoms with van der Waals surface area (Å²) >= 11 is 0. The van der Waals surface area contributed by atoms with E-state index >= 15 is 0 Å². The minimum absolute atomic E-state index is 0.0450. The molecule has 1 heterocycles. The van der Waals surface area contributed by atoms with E-state index in [-0.39, 0.29) is 17.9 Å². The molecule has 1 aliphatic rings. The van der Waals surface area contributed by atoms with Gasteiger partial charge in [0.05, 0.1) is 12.0 Å². The number of amides is 1. The van der Waals surface area contributed by atoms with Gasteiger partial charge < -0.3 is 15.4 Å². The van der Waals surface area contributed by atoms with Gasteiger partial charge in [-0.3, -0.25) is 4.79 Å². The van der Waals surface area contributed by atoms with Gasteiger partial charge in [0.15, 0.2) is 0 Å². The monoisotopic (exact) mass is 234 g/mol. The highest BCUT2D eigenvalue weighted by molar-refractivity contribution is 5.88. The highest BCUT2D eigenvalue weighted by Crippen LogP contribution is 2.30. The lowest BCUT2D eigenvalue weighted by molar-refractivity contribution is -0.122. The molecule has 0 saturated heterocycles. The minimum Gasteiger partial charge on any atom is -0.384 e. The highest BCUT2D eigenvalue weighted by atomic mass is 16.5. The normalized spacial score (nSPS) is 19.3. The Hall–Kier alpha value is -1.55. The number of nitrogens with one attached hydrogen (secondary N) is 2. The topological polar surface area (TPSA) is 50.4 Å². The van der Waals surface area contributed by atoms with Crippen molar-refractivity contribution >= 4 is 11.6 Å². The molecule has 1 aromatic rings. The van der Waals surface area contributed by atoms with E-state index in [0.717, 1.165) is 11.3 Å². The maximum absolute atomic E-state index is 12.0. The van der Waals surface area contributed by atoms with E-state index < -0.39 is 0 Å². The van der Waals surface area contributed by atoms with Crippen LogP contribution >= 0.6 is 0 Å². The van der Waals surface area contributed by atoms with Crippen LogP contribution in [-0.2, 0) is 9.53 Å². The lowest BCUT2D eigenvalue weighted by Crippen LogP contribution is -2.35. The third-order valence-corrected chi connectivity index (χ3v) is 3.12. The van der Waals surface area contributed by atoms with Gasteiger partial charge in [-0.2, -0.15) is 0 Å². The predicted molar refractivity (Wildman–Crippen MR) is 67.2 cm³/mol. The quantitative estimate of drug-likeness (QED) is 0.826. The standard InChI is InChI=1S/C13H18N2O2/c1-9(17-2)7-15-13(16)11-8-14-12-6-4-3-5-10(11)12/h3-6,9,11,14H,7-8H2,1-2H3,(H,15,16). The molecule has 4 nitrogen and oxygen atoms in total. The average Bonchev–Trinajstić information content (AvgIpc) is 2.79. The summed E-state index contributed by atoms with van der Waals surface area (Å²) < 4.78 is 5.10. The molecular formula is C13H18N2O2. The Morgan fingerprint density at radius 3 is 3.12 bits per heavy atom. The van der Waals surface area contributed by atoms with Crippen molar-refractivity contribution in [2.24, 2.45) is 0 Å². The summed E-state index contributed by atoms with van der Waals surface area (Å²) in [5.41, 5.74) is 2.14. The summed E-state index contributed by atoms with van der Waals surface area (Å²) in [5.74, 6) is -0.0263. The van der Waals surface area contributed by atoms with Gasteiger partial charge in [0.1, 0.15) is 0 Å². The molecule has 0 radical (unpaired) electrons. The van der Waals surface area contributed by atoms with Gasteiger partial charge in [0.2, 0.25) is 5.91 Å². The summed E-state index contributed by atoms with van der Waals surface area (Å²) in [7, 11) is 1.64.